The second-order valence-corrected chi connectivity index (χ2v) is 33.5. The summed E-state index contributed by atoms with van der Waals surface area (Å²) in [7, 11) is -2.43. The number of aliphatic hydroxyl groups excluding tert-OH is 10. The topological polar surface area (TPSA) is 459 Å². The van der Waals surface area contributed by atoms with Gasteiger partial charge in [0.25, 0.3) is 11.8 Å². The summed E-state index contributed by atoms with van der Waals surface area (Å²) < 4.78 is 0. The number of rotatable bonds is 87. The molecule has 0 radical (unpaired) electrons. The number of nitrogens with zero attached hydrogens (tertiary/aromatic N) is 2. The van der Waals surface area contributed by atoms with Crippen LogP contribution in [0.2, 0.25) is 27.3 Å². The van der Waals surface area contributed by atoms with Crippen LogP contribution in [-0.4, -0.2) is 272 Å². The van der Waals surface area contributed by atoms with Gasteiger partial charge in [-0.15, -0.1) is 0 Å². The van der Waals surface area contributed by atoms with Crippen LogP contribution >= 0.6 is 0 Å². The highest BCUT2D eigenvalue weighted by Crippen LogP contribution is 2.21. The molecule has 0 aromatic carbocycles. The van der Waals surface area contributed by atoms with Crippen LogP contribution < -0.4 is 37.0 Å². The Kier molecular flexibility index (Phi) is 77.0. The molecule has 0 saturated heterocycles. The summed E-state index contributed by atoms with van der Waals surface area (Å²) in [6, 6.07) is -0.885. The first-order chi connectivity index (χ1) is 55.9. The fourth-order valence-corrected chi connectivity index (χ4v) is 14.8. The van der Waals surface area contributed by atoms with Gasteiger partial charge in [0.2, 0.25) is 17.7 Å². The summed E-state index contributed by atoms with van der Waals surface area (Å²) in [5.41, 5.74) is 0. The Hall–Kier alpha value is -3.11. The molecule has 0 heterocycles. The number of aliphatic hydroxyl groups is 10. The van der Waals surface area contributed by atoms with E-state index in [0.29, 0.717) is 71.7 Å². The van der Waals surface area contributed by atoms with Crippen LogP contribution in [0.5, 0.6) is 0 Å². The van der Waals surface area contributed by atoms with Crippen LogP contribution in [0.15, 0.2) is 0 Å². The van der Waals surface area contributed by atoms with Gasteiger partial charge in [0, 0.05) is 39.0 Å². The van der Waals surface area contributed by atoms with Crippen LogP contribution in [0.1, 0.15) is 340 Å². The molecule has 680 valence electrons. The molecule has 0 aromatic heterocycles. The fraction of sp³-hybridized carbons (Fsp3) is 0.940. The summed E-state index contributed by atoms with van der Waals surface area (Å²) >= 11 is 0. The van der Waals surface area contributed by atoms with E-state index < -0.39 is 108 Å². The number of hydrogen-bond acceptors (Lipinski definition) is 23. The lowest BCUT2D eigenvalue weighted by atomic mass is 9.80. The Morgan fingerprint density at radius 1 is 0.302 bits per heavy atom. The van der Waals surface area contributed by atoms with Crippen molar-refractivity contribution < 1.29 is 95.1 Å². The fourth-order valence-electron chi connectivity index (χ4n) is 14.8. The molecule has 32 heteroatoms. The highest BCUT2D eigenvalue weighted by molar-refractivity contribution is 6.46. The van der Waals surface area contributed by atoms with E-state index in [1.807, 2.05) is 0 Å². The van der Waals surface area contributed by atoms with Crippen LogP contribution in [0.4, 0.5) is 0 Å². The number of hydrogen-bond donors (Lipinski definition) is 21. The Bertz CT molecular complexity index is 2250. The zero-order chi connectivity index (χ0) is 86.0. The van der Waals surface area contributed by atoms with Crippen molar-refractivity contribution in [2.75, 3.05) is 78.7 Å². The number of nitrogens with one attached hydrogen (secondary N) is 7. The maximum absolute atomic E-state index is 13.8. The molecule has 1 unspecified atom stereocenters. The molecule has 0 fully saturated rings. The maximum Gasteiger partial charge on any atom is 0.376 e. The first kappa shape index (κ1) is 113. The van der Waals surface area contributed by atoms with Gasteiger partial charge in [0.05, 0.1) is 13.2 Å². The standard InChI is InChI=1S/C84H173B4N9O19/c1-85(113)93-61-51-53-63-96(87(3)115)66-70(67-97(88(4)116)64-54-52-62-94-86(2)114)55-45-41-44-50-58-89-82(110)71(95-75(103)57-47-40-36-32-28-24-20-16-12-8-6-10-14-18-22-26-30-34-38-43-49-60-91-84(112)81(109)79(107)77(105)73(101)69-99)65-92-74(102)56-46-39-35-31-27-23-19-15-11-7-5-9-13-17-21-25-29-33-37-42-48-59-90-83(111)80(108)78(106)76(104)72(100)68-98/h70-73,76-81,93-94,98-101,104-109,113-116H,5-69H2,1-4H3,(H,89,110)(H,90,111)(H,91,112)(H,92,102)(H,95,103)/t71?,72-,73-,76+,77-,78-,79+,80+,81-/m1/s1. The van der Waals surface area contributed by atoms with E-state index in [1.165, 1.54) is 167 Å². The normalized spacial score (nSPS) is 14.1. The molecule has 0 aliphatic carbocycles. The summed E-state index contributed by atoms with van der Waals surface area (Å²) in [5, 5.41) is 157. The maximum atomic E-state index is 13.8. The summed E-state index contributed by atoms with van der Waals surface area (Å²) in [4.78, 5) is 68.7. The van der Waals surface area contributed by atoms with Crippen molar-refractivity contribution in [1.82, 2.24) is 46.7 Å². The van der Waals surface area contributed by atoms with Gasteiger partial charge >= 0.3 is 28.2 Å². The van der Waals surface area contributed by atoms with Gasteiger partial charge in [-0.05, 0) is 137 Å². The molecule has 0 rings (SSSR count). The van der Waals surface area contributed by atoms with Gasteiger partial charge in [0.1, 0.15) is 42.7 Å². The molecule has 21 N–H and O–H groups in total. The second-order valence-electron chi connectivity index (χ2n) is 33.5. The summed E-state index contributed by atoms with van der Waals surface area (Å²) in [5.74, 6) is -2.08. The van der Waals surface area contributed by atoms with Gasteiger partial charge in [-0.1, -0.05) is 263 Å². The molecule has 0 spiro atoms. The predicted octanol–water partition coefficient (Wildman–Crippen LogP) is 7.32. The van der Waals surface area contributed by atoms with Crippen LogP contribution in [0.25, 0.3) is 0 Å². The third-order valence-electron chi connectivity index (χ3n) is 22.5. The van der Waals surface area contributed by atoms with Gasteiger partial charge < -0.3 is 118 Å². The molecular weight excluding hydrogens is 1480 g/mol. The van der Waals surface area contributed by atoms with E-state index >= 15 is 0 Å². The van der Waals surface area contributed by atoms with Crippen molar-refractivity contribution in [3.8, 4) is 0 Å². The lowest BCUT2D eigenvalue weighted by molar-refractivity contribution is -0.149. The van der Waals surface area contributed by atoms with Crippen molar-refractivity contribution in [2.24, 2.45) is 5.92 Å². The smallest absolute Gasteiger partial charge is 0.376 e. The highest BCUT2D eigenvalue weighted by atomic mass is 16.4. The average Bonchev–Trinajstić information content (AvgIpc) is 0.883. The molecule has 116 heavy (non-hydrogen) atoms. The first-order valence-electron chi connectivity index (χ1n) is 46.6. The van der Waals surface area contributed by atoms with E-state index in [2.05, 4.69) is 46.7 Å². The zero-order valence-electron chi connectivity index (χ0n) is 73.2. The number of carbonyl (C=O) groups is 5. The third-order valence-corrected chi connectivity index (χ3v) is 22.5. The lowest BCUT2D eigenvalue weighted by Gasteiger charge is -2.33. The Morgan fingerprint density at radius 3 is 0.845 bits per heavy atom. The van der Waals surface area contributed by atoms with E-state index in [9.17, 15) is 84.9 Å². The Labute approximate surface area is 703 Å². The molecule has 0 aromatic rings. The largest absolute Gasteiger partial charge is 0.437 e. The second kappa shape index (κ2) is 79.1. The van der Waals surface area contributed by atoms with Crippen molar-refractivity contribution >= 4 is 57.7 Å². The van der Waals surface area contributed by atoms with Crippen molar-refractivity contribution in [2.45, 2.75) is 422 Å². The van der Waals surface area contributed by atoms with Crippen molar-refractivity contribution in [3.63, 3.8) is 0 Å². The van der Waals surface area contributed by atoms with Crippen LogP contribution in [-0.2, 0) is 24.0 Å². The summed E-state index contributed by atoms with van der Waals surface area (Å²) in [6.07, 6.45) is 42.1. The average molecular weight is 1660 g/mol. The molecule has 0 aliphatic heterocycles. The van der Waals surface area contributed by atoms with E-state index in [1.54, 1.807) is 27.3 Å². The lowest BCUT2D eigenvalue weighted by Crippen LogP contribution is -2.52. The zero-order valence-corrected chi connectivity index (χ0v) is 73.2. The highest BCUT2D eigenvalue weighted by Gasteiger charge is 2.36. The van der Waals surface area contributed by atoms with E-state index in [-0.39, 0.29) is 30.2 Å². The van der Waals surface area contributed by atoms with Crippen molar-refractivity contribution in [1.29, 1.82) is 0 Å². The van der Waals surface area contributed by atoms with Crippen LogP contribution in [0, 0.1) is 5.92 Å². The minimum absolute atomic E-state index is 0.0284. The molecule has 5 amide bonds. The number of amides is 5. The predicted molar refractivity (Wildman–Crippen MR) is 469 cm³/mol. The van der Waals surface area contributed by atoms with Crippen LogP contribution in [0.3, 0.4) is 0 Å². The molecule has 9 atom stereocenters. The van der Waals surface area contributed by atoms with Gasteiger partial charge in [-0.25, -0.2) is 0 Å². The quantitative estimate of drug-likeness (QED) is 0.0209. The number of carbonyl (C=O) groups excluding carboxylic acids is 5. The van der Waals surface area contributed by atoms with Gasteiger partial charge in [-0.2, -0.15) is 0 Å². The Morgan fingerprint density at radius 2 is 0.560 bits per heavy atom. The minimum atomic E-state index is -1.90. The molecule has 0 bridgehead atoms. The minimum Gasteiger partial charge on any atom is -0.437 e. The van der Waals surface area contributed by atoms with Gasteiger partial charge in [-0.3, -0.25) is 24.0 Å². The first-order valence-corrected chi connectivity index (χ1v) is 46.6. The number of unbranched alkanes of at least 4 members (excludes halogenated alkanes) is 45. The third kappa shape index (κ3) is 66.5. The summed E-state index contributed by atoms with van der Waals surface area (Å²) in [6.45, 7) is 10.7. The molecule has 28 nitrogen and oxygen atoms in total. The monoisotopic (exact) mass is 1660 g/mol. The molecule has 0 aliphatic rings. The van der Waals surface area contributed by atoms with E-state index in [4.69, 9.17) is 10.2 Å². The SMILES string of the molecule is CB(O)NCCCCN(CC(CCCCCCNC(=O)C(CNC(=O)CCCCCCCCCCCCCCCCCCCCCCCNC(=O)[C@@H](O)[C@H](O)[C@@H](O)[C@H](O)CO)NC(=O)CCCCCCCCCCCCCCCCCCCCCCCNC(=O)[C@H](O)[C@@H](O)[C@H](O)[C@H](O)CO)CN(CCCCNB(C)O)B(C)O)B(C)O. The molecular formula is C84H173B4N9O19. The Balaban J connectivity index is 4.87. The van der Waals surface area contributed by atoms with Crippen molar-refractivity contribution in [3.05, 3.63) is 0 Å². The van der Waals surface area contributed by atoms with Gasteiger partial charge in [0.15, 0.2) is 12.2 Å². The van der Waals surface area contributed by atoms with E-state index in [0.717, 1.165) is 161 Å². The molecule has 0 saturated carbocycles.